The third kappa shape index (κ3) is 3.63. The van der Waals surface area contributed by atoms with Gasteiger partial charge in [-0.2, -0.15) is 0 Å². The predicted molar refractivity (Wildman–Crippen MR) is 96.7 cm³/mol. The van der Waals surface area contributed by atoms with Gasteiger partial charge in [-0.05, 0) is 17.7 Å². The van der Waals surface area contributed by atoms with E-state index in [-0.39, 0.29) is 5.56 Å². The van der Waals surface area contributed by atoms with Crippen LogP contribution in [0.4, 0.5) is 5.82 Å². The summed E-state index contributed by atoms with van der Waals surface area (Å²) in [6.07, 6.45) is 3.21. The number of hydrogen-bond acceptors (Lipinski definition) is 5. The van der Waals surface area contributed by atoms with Crippen molar-refractivity contribution in [3.8, 4) is 17.2 Å². The second-order valence-corrected chi connectivity index (χ2v) is 5.33. The van der Waals surface area contributed by atoms with Crippen molar-refractivity contribution in [3.63, 3.8) is 0 Å². The monoisotopic (exact) mass is 337 g/mol. The lowest BCUT2D eigenvalue weighted by Gasteiger charge is -2.12. The second kappa shape index (κ2) is 7.53. The molecule has 0 aliphatic carbocycles. The van der Waals surface area contributed by atoms with E-state index in [1.807, 2.05) is 30.3 Å². The number of ether oxygens (including phenoxy) is 2. The lowest BCUT2D eigenvalue weighted by molar-refractivity contribution is 0.355. The maximum atomic E-state index is 12.7. The Morgan fingerprint density at radius 2 is 1.80 bits per heavy atom. The van der Waals surface area contributed by atoms with Crippen LogP contribution in [-0.4, -0.2) is 23.8 Å². The summed E-state index contributed by atoms with van der Waals surface area (Å²) < 4.78 is 12.0. The smallest absolute Gasteiger partial charge is 0.297 e. The van der Waals surface area contributed by atoms with Crippen molar-refractivity contribution in [1.82, 2.24) is 9.55 Å². The Balaban J connectivity index is 1.90. The van der Waals surface area contributed by atoms with Gasteiger partial charge in [0.15, 0.2) is 17.3 Å². The standard InChI is InChI=1S/C19H19N3O3/c1-24-16-9-8-15(12-17(16)25-2)22-11-10-20-18(19(22)23)21-13-14-6-4-3-5-7-14/h3-12H,13H2,1-2H3,(H,20,21). The first-order valence-electron chi connectivity index (χ1n) is 7.81. The summed E-state index contributed by atoms with van der Waals surface area (Å²) >= 11 is 0. The summed E-state index contributed by atoms with van der Waals surface area (Å²) in [5.74, 6) is 1.46. The first-order chi connectivity index (χ1) is 12.2. The molecule has 2 aromatic carbocycles. The van der Waals surface area contributed by atoms with Crippen molar-refractivity contribution in [1.29, 1.82) is 0 Å². The number of hydrogen-bond donors (Lipinski definition) is 1. The van der Waals surface area contributed by atoms with Crippen LogP contribution in [-0.2, 0) is 6.54 Å². The molecule has 0 atom stereocenters. The van der Waals surface area contributed by atoms with E-state index in [1.54, 1.807) is 44.8 Å². The topological polar surface area (TPSA) is 65.4 Å². The fourth-order valence-corrected chi connectivity index (χ4v) is 2.49. The lowest BCUT2D eigenvalue weighted by atomic mass is 10.2. The molecule has 0 aliphatic rings. The van der Waals surface area contributed by atoms with Crippen molar-refractivity contribution in [2.24, 2.45) is 0 Å². The van der Waals surface area contributed by atoms with Gasteiger partial charge in [0.2, 0.25) is 0 Å². The lowest BCUT2D eigenvalue weighted by Crippen LogP contribution is -2.23. The van der Waals surface area contributed by atoms with Gasteiger partial charge in [0.1, 0.15) is 0 Å². The molecular formula is C19H19N3O3. The van der Waals surface area contributed by atoms with E-state index in [1.165, 1.54) is 4.57 Å². The molecule has 0 unspecified atom stereocenters. The number of anilines is 1. The molecule has 0 bridgehead atoms. The number of aromatic nitrogens is 2. The van der Waals surface area contributed by atoms with Crippen LogP contribution in [0.2, 0.25) is 0 Å². The van der Waals surface area contributed by atoms with Crippen molar-refractivity contribution >= 4 is 5.82 Å². The summed E-state index contributed by atoms with van der Waals surface area (Å²) in [5.41, 5.74) is 1.52. The van der Waals surface area contributed by atoms with Gasteiger partial charge in [-0.1, -0.05) is 30.3 Å². The fraction of sp³-hybridized carbons (Fsp3) is 0.158. The van der Waals surface area contributed by atoms with Gasteiger partial charge in [-0.25, -0.2) is 4.98 Å². The van der Waals surface area contributed by atoms with Gasteiger partial charge in [-0.15, -0.1) is 0 Å². The number of methoxy groups -OCH3 is 2. The van der Waals surface area contributed by atoms with Crippen LogP contribution in [0.25, 0.3) is 5.69 Å². The maximum Gasteiger partial charge on any atom is 0.297 e. The molecule has 6 nitrogen and oxygen atoms in total. The van der Waals surface area contributed by atoms with Gasteiger partial charge in [0.25, 0.3) is 5.56 Å². The van der Waals surface area contributed by atoms with Crippen LogP contribution in [0.3, 0.4) is 0 Å². The van der Waals surface area contributed by atoms with Gasteiger partial charge in [-0.3, -0.25) is 9.36 Å². The van der Waals surface area contributed by atoms with Crippen LogP contribution in [0.15, 0.2) is 65.7 Å². The van der Waals surface area contributed by atoms with Crippen LogP contribution in [0, 0.1) is 0 Å². The molecule has 3 rings (SSSR count). The molecule has 1 N–H and O–H groups in total. The van der Waals surface area contributed by atoms with Crippen molar-refractivity contribution in [2.75, 3.05) is 19.5 Å². The predicted octanol–water partition coefficient (Wildman–Crippen LogP) is 2.86. The number of nitrogens with one attached hydrogen (secondary N) is 1. The molecule has 6 heteroatoms. The molecule has 0 amide bonds. The van der Waals surface area contributed by atoms with Gasteiger partial charge in [0.05, 0.1) is 19.9 Å². The molecule has 0 radical (unpaired) electrons. The fourth-order valence-electron chi connectivity index (χ4n) is 2.49. The molecule has 3 aromatic rings. The average molecular weight is 337 g/mol. The highest BCUT2D eigenvalue weighted by atomic mass is 16.5. The minimum absolute atomic E-state index is 0.231. The van der Waals surface area contributed by atoms with Gasteiger partial charge in [0, 0.05) is 25.0 Å². The normalized spacial score (nSPS) is 10.3. The second-order valence-electron chi connectivity index (χ2n) is 5.33. The van der Waals surface area contributed by atoms with Crippen molar-refractivity contribution in [2.45, 2.75) is 6.54 Å². The summed E-state index contributed by atoms with van der Waals surface area (Å²) in [7, 11) is 3.13. The largest absolute Gasteiger partial charge is 0.493 e. The van der Waals surface area contributed by atoms with E-state index in [2.05, 4.69) is 10.3 Å². The van der Waals surface area contributed by atoms with Crippen LogP contribution >= 0.6 is 0 Å². The molecule has 0 aliphatic heterocycles. The molecule has 0 spiro atoms. The SMILES string of the molecule is COc1ccc(-n2ccnc(NCc3ccccc3)c2=O)cc1OC. The summed E-state index contributed by atoms with van der Waals surface area (Å²) in [4.78, 5) is 16.9. The third-order valence-electron chi connectivity index (χ3n) is 3.79. The quantitative estimate of drug-likeness (QED) is 0.749. The Kier molecular flexibility index (Phi) is 4.99. The number of nitrogens with zero attached hydrogens (tertiary/aromatic N) is 2. The molecule has 128 valence electrons. The van der Waals surface area contributed by atoms with Crippen molar-refractivity contribution in [3.05, 3.63) is 76.8 Å². The highest BCUT2D eigenvalue weighted by molar-refractivity contribution is 5.49. The highest BCUT2D eigenvalue weighted by Crippen LogP contribution is 2.28. The van der Waals surface area contributed by atoms with Crippen LogP contribution in [0.1, 0.15) is 5.56 Å². The number of benzene rings is 2. The Bertz CT molecular complexity index is 907. The van der Waals surface area contributed by atoms with Crippen LogP contribution < -0.4 is 20.3 Å². The summed E-state index contributed by atoms with van der Waals surface area (Å²) in [6, 6.07) is 15.2. The zero-order valence-electron chi connectivity index (χ0n) is 14.1. The minimum Gasteiger partial charge on any atom is -0.493 e. The first-order valence-corrected chi connectivity index (χ1v) is 7.81. The molecule has 1 heterocycles. The van der Waals surface area contributed by atoms with E-state index in [4.69, 9.17) is 9.47 Å². The highest BCUT2D eigenvalue weighted by Gasteiger charge is 2.10. The Morgan fingerprint density at radius 1 is 1.04 bits per heavy atom. The summed E-state index contributed by atoms with van der Waals surface area (Å²) in [5, 5.41) is 3.09. The first kappa shape index (κ1) is 16.6. The molecule has 1 aromatic heterocycles. The Labute approximate surface area is 145 Å². The molecule has 25 heavy (non-hydrogen) atoms. The molecular weight excluding hydrogens is 318 g/mol. The van der Waals surface area contributed by atoms with Crippen LogP contribution in [0.5, 0.6) is 11.5 Å². The Morgan fingerprint density at radius 3 is 2.52 bits per heavy atom. The van der Waals surface area contributed by atoms with E-state index >= 15 is 0 Å². The molecule has 0 fully saturated rings. The van der Waals surface area contributed by atoms with Gasteiger partial charge < -0.3 is 14.8 Å². The zero-order chi connectivity index (χ0) is 17.6. The molecule has 0 saturated heterocycles. The Hall–Kier alpha value is -3.28. The van der Waals surface area contributed by atoms with Gasteiger partial charge >= 0.3 is 0 Å². The van der Waals surface area contributed by atoms with E-state index < -0.39 is 0 Å². The molecule has 0 saturated carbocycles. The van der Waals surface area contributed by atoms with Crippen molar-refractivity contribution < 1.29 is 9.47 Å². The maximum absolute atomic E-state index is 12.7. The zero-order valence-corrected chi connectivity index (χ0v) is 14.1. The van der Waals surface area contributed by atoms with E-state index in [9.17, 15) is 4.79 Å². The minimum atomic E-state index is -0.231. The summed E-state index contributed by atoms with van der Waals surface area (Å²) in [6.45, 7) is 0.527. The third-order valence-corrected chi connectivity index (χ3v) is 3.79. The average Bonchev–Trinajstić information content (AvgIpc) is 2.67. The van der Waals surface area contributed by atoms with E-state index in [0.29, 0.717) is 29.5 Å². The number of rotatable bonds is 6. The van der Waals surface area contributed by atoms with E-state index in [0.717, 1.165) is 5.56 Å².